The van der Waals surface area contributed by atoms with Crippen molar-refractivity contribution >= 4 is 28.0 Å². The first-order valence-electron chi connectivity index (χ1n) is 5.54. The van der Waals surface area contributed by atoms with Crippen molar-refractivity contribution in [2.24, 2.45) is 4.99 Å². The highest BCUT2D eigenvalue weighted by atomic mass is 79.9. The SMILES string of the molecule is Cc1c(C=Nc2ccc(Br)cn2)c(O)[nH]c(=O)c1C#N. The number of nitrogens with zero attached hydrogens (tertiary/aromatic N) is 3. The molecule has 2 heterocycles. The molecule has 0 bridgehead atoms. The number of aromatic amines is 1. The summed E-state index contributed by atoms with van der Waals surface area (Å²) in [4.78, 5) is 21.8. The molecule has 0 atom stereocenters. The summed E-state index contributed by atoms with van der Waals surface area (Å²) in [5, 5.41) is 18.6. The predicted molar refractivity (Wildman–Crippen MR) is 77.4 cm³/mol. The van der Waals surface area contributed by atoms with Gasteiger partial charge < -0.3 is 5.11 Å². The normalized spacial score (nSPS) is 10.7. The Kier molecular flexibility index (Phi) is 3.96. The van der Waals surface area contributed by atoms with Gasteiger partial charge in [0.2, 0.25) is 5.88 Å². The van der Waals surface area contributed by atoms with Crippen LogP contribution in [0.4, 0.5) is 5.82 Å². The quantitative estimate of drug-likeness (QED) is 0.822. The van der Waals surface area contributed by atoms with Gasteiger partial charge in [-0.05, 0) is 40.5 Å². The molecule has 0 unspecified atom stereocenters. The maximum absolute atomic E-state index is 11.5. The van der Waals surface area contributed by atoms with Gasteiger partial charge in [0.15, 0.2) is 5.82 Å². The lowest BCUT2D eigenvalue weighted by Crippen LogP contribution is -2.14. The zero-order chi connectivity index (χ0) is 14.7. The molecule has 7 heteroatoms. The van der Waals surface area contributed by atoms with Gasteiger partial charge in [-0.2, -0.15) is 5.26 Å². The van der Waals surface area contributed by atoms with Crippen LogP contribution in [0.15, 0.2) is 32.6 Å². The van der Waals surface area contributed by atoms with Crippen LogP contribution in [0.2, 0.25) is 0 Å². The van der Waals surface area contributed by atoms with Gasteiger partial charge in [0, 0.05) is 16.9 Å². The number of H-pyrrole nitrogens is 1. The molecule has 0 saturated heterocycles. The molecular weight excluding hydrogens is 324 g/mol. The highest BCUT2D eigenvalue weighted by molar-refractivity contribution is 9.10. The topological polar surface area (TPSA) is 102 Å². The van der Waals surface area contributed by atoms with E-state index in [-0.39, 0.29) is 17.0 Å². The van der Waals surface area contributed by atoms with Crippen molar-refractivity contribution in [3.05, 3.63) is 49.8 Å². The van der Waals surface area contributed by atoms with Gasteiger partial charge in [0.1, 0.15) is 11.6 Å². The number of hydrogen-bond acceptors (Lipinski definition) is 5. The molecule has 0 fully saturated rings. The van der Waals surface area contributed by atoms with E-state index in [0.717, 1.165) is 4.47 Å². The maximum atomic E-state index is 11.5. The summed E-state index contributed by atoms with van der Waals surface area (Å²) in [7, 11) is 0. The van der Waals surface area contributed by atoms with Crippen LogP contribution in [0.1, 0.15) is 16.7 Å². The zero-order valence-corrected chi connectivity index (χ0v) is 12.0. The summed E-state index contributed by atoms with van der Waals surface area (Å²) in [5.74, 6) is 0.115. The number of hydrogen-bond donors (Lipinski definition) is 2. The van der Waals surface area contributed by atoms with Gasteiger partial charge in [0.05, 0.1) is 5.56 Å². The average Bonchev–Trinajstić information content (AvgIpc) is 2.40. The summed E-state index contributed by atoms with van der Waals surface area (Å²) >= 11 is 3.26. The van der Waals surface area contributed by atoms with Crippen LogP contribution in [0.3, 0.4) is 0 Å². The molecule has 0 aliphatic rings. The Morgan fingerprint density at radius 1 is 1.55 bits per heavy atom. The molecule has 0 spiro atoms. The van der Waals surface area contributed by atoms with E-state index in [4.69, 9.17) is 5.26 Å². The summed E-state index contributed by atoms with van der Waals surface area (Å²) in [6, 6.07) is 5.26. The van der Waals surface area contributed by atoms with Crippen molar-refractivity contribution in [3.63, 3.8) is 0 Å². The third-order valence-electron chi connectivity index (χ3n) is 2.64. The first-order valence-corrected chi connectivity index (χ1v) is 6.33. The Morgan fingerprint density at radius 2 is 2.30 bits per heavy atom. The van der Waals surface area contributed by atoms with Gasteiger partial charge in [-0.1, -0.05) is 0 Å². The van der Waals surface area contributed by atoms with Crippen LogP contribution in [0, 0.1) is 18.3 Å². The number of aromatic nitrogens is 2. The van der Waals surface area contributed by atoms with E-state index in [1.54, 1.807) is 31.3 Å². The Labute approximate surface area is 122 Å². The second-order valence-corrected chi connectivity index (χ2v) is 4.84. The first-order chi connectivity index (χ1) is 9.52. The lowest BCUT2D eigenvalue weighted by molar-refractivity contribution is 0.450. The summed E-state index contributed by atoms with van der Waals surface area (Å²) in [6.07, 6.45) is 2.95. The molecule has 2 aromatic heterocycles. The van der Waals surface area contributed by atoms with Crippen molar-refractivity contribution in [2.45, 2.75) is 6.92 Å². The van der Waals surface area contributed by atoms with Crippen LogP contribution in [-0.4, -0.2) is 21.3 Å². The third kappa shape index (κ3) is 2.75. The number of nitriles is 1. The number of aliphatic imine (C=N–C) groups is 1. The molecule has 0 aliphatic heterocycles. The molecule has 20 heavy (non-hydrogen) atoms. The lowest BCUT2D eigenvalue weighted by atomic mass is 10.1. The predicted octanol–water partition coefficient (Wildman–Crippen LogP) is 2.17. The average molecular weight is 333 g/mol. The number of halogens is 1. The minimum Gasteiger partial charge on any atom is -0.494 e. The van der Waals surface area contributed by atoms with E-state index in [1.807, 2.05) is 0 Å². The fourth-order valence-electron chi connectivity index (χ4n) is 1.59. The second-order valence-electron chi connectivity index (χ2n) is 3.92. The molecule has 0 aromatic carbocycles. The molecule has 100 valence electrons. The molecule has 6 nitrogen and oxygen atoms in total. The molecule has 0 radical (unpaired) electrons. The minimum atomic E-state index is -0.624. The largest absolute Gasteiger partial charge is 0.494 e. The summed E-state index contributed by atoms with van der Waals surface area (Å²) < 4.78 is 0.825. The van der Waals surface area contributed by atoms with E-state index < -0.39 is 5.56 Å². The molecule has 2 rings (SSSR count). The van der Waals surface area contributed by atoms with E-state index in [9.17, 15) is 9.90 Å². The number of pyridine rings is 2. The van der Waals surface area contributed by atoms with Gasteiger partial charge in [-0.25, -0.2) is 9.98 Å². The van der Waals surface area contributed by atoms with Gasteiger partial charge in [-0.15, -0.1) is 0 Å². The van der Waals surface area contributed by atoms with Crippen molar-refractivity contribution in [3.8, 4) is 11.9 Å². The van der Waals surface area contributed by atoms with Gasteiger partial charge in [-0.3, -0.25) is 9.78 Å². The van der Waals surface area contributed by atoms with Crippen molar-refractivity contribution < 1.29 is 5.11 Å². The first kappa shape index (κ1) is 14.0. The highest BCUT2D eigenvalue weighted by Gasteiger charge is 2.12. The smallest absolute Gasteiger partial charge is 0.268 e. The van der Waals surface area contributed by atoms with Crippen molar-refractivity contribution in [1.82, 2.24) is 9.97 Å². The number of nitrogens with one attached hydrogen (secondary N) is 1. The summed E-state index contributed by atoms with van der Waals surface area (Å²) in [6.45, 7) is 1.57. The lowest BCUT2D eigenvalue weighted by Gasteiger charge is -2.04. The van der Waals surface area contributed by atoms with Crippen molar-refractivity contribution in [2.75, 3.05) is 0 Å². The van der Waals surface area contributed by atoms with Crippen LogP contribution in [0.25, 0.3) is 0 Å². The van der Waals surface area contributed by atoms with Gasteiger partial charge >= 0.3 is 0 Å². The molecule has 0 amide bonds. The highest BCUT2D eigenvalue weighted by Crippen LogP contribution is 2.18. The third-order valence-corrected chi connectivity index (χ3v) is 3.11. The molecule has 2 aromatic rings. The van der Waals surface area contributed by atoms with Crippen LogP contribution in [0.5, 0.6) is 5.88 Å². The Bertz CT molecular complexity index is 773. The van der Waals surface area contributed by atoms with Crippen molar-refractivity contribution in [1.29, 1.82) is 5.26 Å². The number of aromatic hydroxyl groups is 1. The van der Waals surface area contributed by atoms with Crippen LogP contribution >= 0.6 is 15.9 Å². The van der Waals surface area contributed by atoms with E-state index in [2.05, 4.69) is 30.9 Å². The monoisotopic (exact) mass is 332 g/mol. The fourth-order valence-corrected chi connectivity index (χ4v) is 1.82. The maximum Gasteiger partial charge on any atom is 0.268 e. The standard InChI is InChI=1S/C13H9BrN4O2/c1-7-9(4-15)12(19)18-13(20)10(7)6-17-11-3-2-8(14)5-16-11/h2-3,5-6H,1H3,(H2,18,19,20). The Balaban J connectivity index is 2.46. The Morgan fingerprint density at radius 3 is 2.90 bits per heavy atom. The molecule has 0 saturated carbocycles. The van der Waals surface area contributed by atoms with E-state index in [0.29, 0.717) is 11.4 Å². The molecule has 2 N–H and O–H groups in total. The van der Waals surface area contributed by atoms with Crippen LogP contribution < -0.4 is 5.56 Å². The van der Waals surface area contributed by atoms with Gasteiger partial charge in [0.25, 0.3) is 5.56 Å². The van der Waals surface area contributed by atoms with E-state index >= 15 is 0 Å². The summed E-state index contributed by atoms with van der Waals surface area (Å²) in [5.41, 5.74) is -0.0186. The van der Waals surface area contributed by atoms with E-state index in [1.165, 1.54) is 6.21 Å². The molecular formula is C13H9BrN4O2. The second kappa shape index (κ2) is 5.67. The van der Waals surface area contributed by atoms with Crippen LogP contribution in [-0.2, 0) is 0 Å². The zero-order valence-electron chi connectivity index (χ0n) is 10.4. The number of rotatable bonds is 2. The molecule has 0 aliphatic carbocycles. The fraction of sp³-hybridized carbons (Fsp3) is 0.0769. The minimum absolute atomic E-state index is 0.0481. The Hall–Kier alpha value is -2.46.